The number of hydrogen-bond donors (Lipinski definition) is 2. The van der Waals surface area contributed by atoms with Gasteiger partial charge < -0.3 is 25.0 Å². The van der Waals surface area contributed by atoms with Crippen molar-refractivity contribution in [1.29, 1.82) is 0 Å². The number of piperazine rings is 1. The largest absolute Gasteiger partial charge is 0.497 e. The lowest BCUT2D eigenvalue weighted by molar-refractivity contribution is -0.144. The highest BCUT2D eigenvalue weighted by Gasteiger charge is 2.42. The van der Waals surface area contributed by atoms with Crippen molar-refractivity contribution in [1.82, 2.24) is 25.1 Å². The molecule has 0 radical (unpaired) electrons. The number of carboxylic acid groups (broad SMARTS) is 1. The van der Waals surface area contributed by atoms with Crippen LogP contribution < -0.4 is 10.1 Å². The third kappa shape index (κ3) is 7.73. The van der Waals surface area contributed by atoms with E-state index in [-0.39, 0.29) is 18.9 Å². The second kappa shape index (κ2) is 14.2. The minimum atomic E-state index is -0.955. The molecule has 210 valence electrons. The van der Waals surface area contributed by atoms with Crippen LogP contribution in [0.15, 0.2) is 66.9 Å². The molecule has 0 saturated carbocycles. The van der Waals surface area contributed by atoms with Crippen LogP contribution in [0.4, 0.5) is 4.79 Å². The number of rotatable bonds is 13. The van der Waals surface area contributed by atoms with Crippen molar-refractivity contribution in [2.75, 3.05) is 33.8 Å². The number of amides is 3. The quantitative estimate of drug-likeness (QED) is 0.299. The molecule has 10 heteroatoms. The summed E-state index contributed by atoms with van der Waals surface area (Å²) in [5.74, 6) is -0.181. The van der Waals surface area contributed by atoms with Gasteiger partial charge in [0.1, 0.15) is 11.9 Å². The summed E-state index contributed by atoms with van der Waals surface area (Å²) in [6.45, 7) is 7.95. The molecule has 1 unspecified atom stereocenters. The Morgan fingerprint density at radius 1 is 1.15 bits per heavy atom. The number of hydrogen-bond acceptors (Lipinski definition) is 6. The molecule has 0 aromatic heterocycles. The Labute approximate surface area is 230 Å². The Bertz CT molecular complexity index is 1110. The monoisotopic (exact) mass is 537 g/mol. The maximum atomic E-state index is 13.6. The van der Waals surface area contributed by atoms with Crippen molar-refractivity contribution in [2.24, 2.45) is 0 Å². The molecule has 3 rings (SSSR count). The average Bonchev–Trinajstić information content (AvgIpc) is 2.95. The highest BCUT2D eigenvalue weighted by Crippen LogP contribution is 2.29. The molecule has 2 aromatic carbocycles. The predicted molar refractivity (Wildman–Crippen MR) is 149 cm³/mol. The van der Waals surface area contributed by atoms with Crippen LogP contribution >= 0.6 is 0 Å². The van der Waals surface area contributed by atoms with Gasteiger partial charge in [-0.3, -0.25) is 9.59 Å². The summed E-state index contributed by atoms with van der Waals surface area (Å²) in [5, 5.41) is 15.7. The van der Waals surface area contributed by atoms with Gasteiger partial charge in [0, 0.05) is 38.8 Å². The molecule has 1 fully saturated rings. The van der Waals surface area contributed by atoms with Crippen molar-refractivity contribution in [3.05, 3.63) is 78.0 Å². The number of ether oxygens (including phenoxy) is 1. The first-order valence-corrected chi connectivity index (χ1v) is 13.1. The third-order valence-electron chi connectivity index (χ3n) is 7.06. The molecular weight excluding hydrogens is 498 g/mol. The average molecular weight is 538 g/mol. The number of nitrogens with zero attached hydrogens (tertiary/aromatic N) is 4. The standard InChI is InChI=1S/C29H39N5O5/c1-5-31(3)34(29(38)30-19-24-9-7-6-8-10-24)27-20-32(18-17-23-11-13-25(39-4)14-12-23)22(2)26(33(27)21-35)15-16-28(36)37/h6-14,21,26-27H,2,5,15-20H2,1,3-4H3,(H,30,38)(H,36,37)/t26?,27-/m0/s1. The summed E-state index contributed by atoms with van der Waals surface area (Å²) in [5.41, 5.74) is 2.72. The molecule has 0 spiro atoms. The normalized spacial score (nSPS) is 17.2. The number of aliphatic carboxylic acids is 1. The van der Waals surface area contributed by atoms with Gasteiger partial charge in [-0.2, -0.15) is 0 Å². The van der Waals surface area contributed by atoms with Gasteiger partial charge in [0.25, 0.3) is 0 Å². The molecule has 0 bridgehead atoms. The van der Waals surface area contributed by atoms with E-state index in [1.807, 2.05) is 61.5 Å². The molecule has 2 N–H and O–H groups in total. The van der Waals surface area contributed by atoms with Gasteiger partial charge in [-0.25, -0.2) is 14.8 Å². The number of carbonyl (C=O) groups is 3. The molecule has 3 amide bonds. The number of urea groups is 1. The second-order valence-electron chi connectivity index (χ2n) is 9.48. The molecule has 1 aliphatic heterocycles. The van der Waals surface area contributed by atoms with E-state index in [2.05, 4.69) is 16.8 Å². The van der Waals surface area contributed by atoms with Crippen LogP contribution in [0.1, 0.15) is 30.9 Å². The van der Waals surface area contributed by atoms with Crippen molar-refractivity contribution >= 4 is 18.4 Å². The van der Waals surface area contributed by atoms with E-state index in [1.165, 1.54) is 4.90 Å². The summed E-state index contributed by atoms with van der Waals surface area (Å²) < 4.78 is 5.25. The summed E-state index contributed by atoms with van der Waals surface area (Å²) in [4.78, 5) is 41.1. The maximum Gasteiger partial charge on any atom is 0.334 e. The van der Waals surface area contributed by atoms with E-state index < -0.39 is 18.2 Å². The van der Waals surface area contributed by atoms with Crippen LogP contribution in [0.3, 0.4) is 0 Å². The lowest BCUT2D eigenvalue weighted by Crippen LogP contribution is -2.67. The van der Waals surface area contributed by atoms with Crippen LogP contribution in [0.25, 0.3) is 0 Å². The number of methoxy groups -OCH3 is 1. The molecule has 1 aliphatic rings. The van der Waals surface area contributed by atoms with Gasteiger partial charge in [-0.15, -0.1) is 0 Å². The van der Waals surface area contributed by atoms with Gasteiger partial charge in [0.15, 0.2) is 0 Å². The maximum absolute atomic E-state index is 13.6. The van der Waals surface area contributed by atoms with Crippen LogP contribution in [-0.2, 0) is 22.6 Å². The third-order valence-corrected chi connectivity index (χ3v) is 7.06. The minimum absolute atomic E-state index is 0.128. The SMILES string of the molecule is C=C1C(CCC(=O)O)N(C=O)[C@@H](N(C(=O)NCc2ccccc2)N(C)CC)CN1CCc1ccc(OC)cc1. The summed E-state index contributed by atoms with van der Waals surface area (Å²) in [7, 11) is 3.42. The van der Waals surface area contributed by atoms with E-state index in [0.29, 0.717) is 44.7 Å². The topological polar surface area (TPSA) is 106 Å². The zero-order valence-electron chi connectivity index (χ0n) is 23.0. The number of carbonyl (C=O) groups excluding carboxylic acids is 2. The first-order chi connectivity index (χ1) is 18.8. The Morgan fingerprint density at radius 3 is 2.44 bits per heavy atom. The van der Waals surface area contributed by atoms with Crippen LogP contribution in [0, 0.1) is 0 Å². The zero-order chi connectivity index (χ0) is 28.4. The Hall–Kier alpha value is -4.05. The fourth-order valence-electron chi connectivity index (χ4n) is 4.74. The van der Waals surface area contributed by atoms with Gasteiger partial charge in [-0.1, -0.05) is 56.0 Å². The summed E-state index contributed by atoms with van der Waals surface area (Å²) in [6.07, 6.45) is 0.800. The first kappa shape index (κ1) is 29.5. The smallest absolute Gasteiger partial charge is 0.334 e. The predicted octanol–water partition coefficient (Wildman–Crippen LogP) is 3.16. The lowest BCUT2D eigenvalue weighted by atomic mass is 10.0. The summed E-state index contributed by atoms with van der Waals surface area (Å²) >= 11 is 0. The van der Waals surface area contributed by atoms with Crippen molar-refractivity contribution in [3.8, 4) is 5.75 Å². The molecule has 0 aliphatic carbocycles. The highest BCUT2D eigenvalue weighted by atomic mass is 16.5. The number of benzene rings is 2. The molecule has 1 saturated heterocycles. The molecule has 10 nitrogen and oxygen atoms in total. The lowest BCUT2D eigenvalue weighted by Gasteiger charge is -2.52. The number of carboxylic acids is 1. The minimum Gasteiger partial charge on any atom is -0.497 e. The fourth-order valence-corrected chi connectivity index (χ4v) is 4.74. The van der Waals surface area contributed by atoms with E-state index in [0.717, 1.165) is 16.9 Å². The van der Waals surface area contributed by atoms with E-state index in [4.69, 9.17) is 4.74 Å². The van der Waals surface area contributed by atoms with E-state index >= 15 is 0 Å². The number of nitrogens with one attached hydrogen (secondary N) is 1. The van der Waals surface area contributed by atoms with E-state index in [9.17, 15) is 19.5 Å². The number of hydrazine groups is 1. The molecule has 39 heavy (non-hydrogen) atoms. The van der Waals surface area contributed by atoms with Gasteiger partial charge in [0.05, 0.1) is 19.7 Å². The fraction of sp³-hybridized carbons (Fsp3) is 0.414. The summed E-state index contributed by atoms with van der Waals surface area (Å²) in [6, 6.07) is 16.5. The Kier molecular flexibility index (Phi) is 10.7. The van der Waals surface area contributed by atoms with Crippen LogP contribution in [0.5, 0.6) is 5.75 Å². The van der Waals surface area contributed by atoms with Crippen molar-refractivity contribution in [3.63, 3.8) is 0 Å². The molecular formula is C29H39N5O5. The highest BCUT2D eigenvalue weighted by molar-refractivity contribution is 5.74. The van der Waals surface area contributed by atoms with Gasteiger partial charge in [0.2, 0.25) is 6.41 Å². The first-order valence-electron chi connectivity index (χ1n) is 13.1. The van der Waals surface area contributed by atoms with Crippen molar-refractivity contribution < 1.29 is 24.2 Å². The second-order valence-corrected chi connectivity index (χ2v) is 9.48. The molecule has 2 atom stereocenters. The Morgan fingerprint density at radius 2 is 1.85 bits per heavy atom. The van der Waals surface area contributed by atoms with Crippen molar-refractivity contribution in [2.45, 2.75) is 44.9 Å². The van der Waals surface area contributed by atoms with E-state index in [1.54, 1.807) is 24.2 Å². The zero-order valence-corrected chi connectivity index (χ0v) is 23.0. The van der Waals surface area contributed by atoms with Crippen LogP contribution in [-0.4, -0.2) is 89.3 Å². The Balaban J connectivity index is 1.87. The van der Waals surface area contributed by atoms with Crippen LogP contribution in [0.2, 0.25) is 0 Å². The molecule has 1 heterocycles. The van der Waals surface area contributed by atoms with Gasteiger partial charge >= 0.3 is 12.0 Å². The van der Waals surface area contributed by atoms with Gasteiger partial charge in [-0.05, 0) is 36.1 Å². The molecule has 2 aromatic rings.